The third-order valence-electron chi connectivity index (χ3n) is 8.68. The molecule has 1 aromatic heterocycles. The lowest BCUT2D eigenvalue weighted by molar-refractivity contribution is -0.437. The zero-order chi connectivity index (χ0) is 36.8. The SMILES string of the molecule is CC.CC.CCC[N+]1=C(/C=C/C=C2\N(CCCSO)c3sc4ccccc4c3C2(C)CCCS(=O)(=O)O)C(C)(C)c2ccccc21.O=CO. The average molecular weight is 732 g/mol. The van der Waals surface area contributed by atoms with Gasteiger partial charge in [0, 0.05) is 57.8 Å². The number of para-hydroxylation sites is 1. The van der Waals surface area contributed by atoms with Crippen LogP contribution in [0.15, 0.2) is 72.5 Å². The fourth-order valence-corrected chi connectivity index (χ4v) is 8.91. The van der Waals surface area contributed by atoms with Crippen LogP contribution in [-0.4, -0.2) is 64.0 Å². The van der Waals surface area contributed by atoms with E-state index in [2.05, 4.69) is 104 Å². The molecule has 8 nitrogen and oxygen atoms in total. The van der Waals surface area contributed by atoms with E-state index in [9.17, 15) is 17.5 Å². The largest absolute Gasteiger partial charge is 0.483 e. The summed E-state index contributed by atoms with van der Waals surface area (Å²) in [6, 6.07) is 17.1. The number of hydrogen-bond donors (Lipinski definition) is 3. The number of nitrogens with zero attached hydrogens (tertiary/aromatic N) is 2. The van der Waals surface area contributed by atoms with Crippen LogP contribution in [0.5, 0.6) is 0 Å². The highest BCUT2D eigenvalue weighted by atomic mass is 32.2. The molecule has 0 fully saturated rings. The van der Waals surface area contributed by atoms with Crippen molar-refractivity contribution in [2.75, 3.05) is 29.5 Å². The van der Waals surface area contributed by atoms with Crippen molar-refractivity contribution >= 4 is 66.5 Å². The molecule has 0 aliphatic carbocycles. The van der Waals surface area contributed by atoms with Crippen molar-refractivity contribution in [2.24, 2.45) is 0 Å². The van der Waals surface area contributed by atoms with Gasteiger partial charge in [0.15, 0.2) is 5.71 Å². The second-order valence-corrected chi connectivity index (χ2v) is 15.3. The Morgan fingerprint density at radius 2 is 1.63 bits per heavy atom. The topological polar surface area (TPSA) is 118 Å². The van der Waals surface area contributed by atoms with Crippen LogP contribution in [0.25, 0.3) is 10.1 Å². The van der Waals surface area contributed by atoms with Crippen LogP contribution in [0.4, 0.5) is 10.7 Å². The van der Waals surface area contributed by atoms with Crippen LogP contribution in [-0.2, 0) is 25.7 Å². The molecule has 0 saturated carbocycles. The number of carbonyl (C=O) groups is 1. The van der Waals surface area contributed by atoms with Gasteiger partial charge in [-0.15, -0.1) is 11.3 Å². The Bertz CT molecular complexity index is 1730. The van der Waals surface area contributed by atoms with E-state index >= 15 is 0 Å². The predicted octanol–water partition coefficient (Wildman–Crippen LogP) is 9.92. The highest BCUT2D eigenvalue weighted by Crippen LogP contribution is 2.57. The maximum absolute atomic E-state index is 11.7. The molecule has 2 aromatic carbocycles. The van der Waals surface area contributed by atoms with E-state index in [-0.39, 0.29) is 17.6 Å². The van der Waals surface area contributed by atoms with E-state index in [1.165, 1.54) is 37.6 Å². The lowest BCUT2D eigenvalue weighted by Gasteiger charge is -2.31. The van der Waals surface area contributed by atoms with Crippen LogP contribution in [0.2, 0.25) is 0 Å². The summed E-state index contributed by atoms with van der Waals surface area (Å²) >= 11 is 2.63. The maximum Gasteiger partial charge on any atom is 0.290 e. The minimum Gasteiger partial charge on any atom is -0.483 e. The summed E-state index contributed by atoms with van der Waals surface area (Å²) in [7, 11) is -4.06. The molecule has 2 aliphatic rings. The molecule has 1 atom stereocenters. The van der Waals surface area contributed by atoms with E-state index in [0.717, 1.165) is 43.7 Å². The molecule has 5 rings (SSSR count). The van der Waals surface area contributed by atoms with Crippen molar-refractivity contribution in [2.45, 2.75) is 91.9 Å². The van der Waals surface area contributed by atoms with Gasteiger partial charge in [-0.2, -0.15) is 13.0 Å². The van der Waals surface area contributed by atoms with Crippen LogP contribution < -0.4 is 4.90 Å². The highest BCUT2D eigenvalue weighted by Gasteiger charge is 2.46. The minimum absolute atomic E-state index is 0.137. The number of fused-ring (bicyclic) bond motifs is 4. The quantitative estimate of drug-likeness (QED) is 0.0554. The fourth-order valence-electron chi connectivity index (χ4n) is 6.77. The monoisotopic (exact) mass is 731 g/mol. The van der Waals surface area contributed by atoms with Gasteiger partial charge in [0.1, 0.15) is 11.5 Å². The molecule has 0 radical (unpaired) electrons. The number of thiophene rings is 1. The standard InChI is InChI=1S/C33H40N2O4S3.2C2H6.CH2O2/c1-5-20-34-26-15-8-7-14-25(26)32(2,3)28(34)17-10-18-29-33(4,19-11-23-42(37,38)39)30-24-13-6-9-16-27(24)41-31(30)35(29)21-12-22-40-36;2*1-2;2-1-3/h6-10,13-18H,5,11-12,19-23H2,1-4H3,(H-,36,37,38,39);2*1-2H3;1H,(H,2,3)/p+1. The Balaban J connectivity index is 0.00000111. The minimum atomic E-state index is -4.06. The smallest absolute Gasteiger partial charge is 0.290 e. The molecule has 2 aliphatic heterocycles. The molecule has 3 aromatic rings. The van der Waals surface area contributed by atoms with E-state index in [0.29, 0.717) is 18.6 Å². The van der Waals surface area contributed by atoms with Gasteiger partial charge in [0.2, 0.25) is 5.69 Å². The van der Waals surface area contributed by atoms with Gasteiger partial charge >= 0.3 is 0 Å². The van der Waals surface area contributed by atoms with Crippen LogP contribution >= 0.6 is 23.4 Å². The Kier molecular flexibility index (Phi) is 16.7. The summed E-state index contributed by atoms with van der Waals surface area (Å²) in [6.07, 6.45) is 9.39. The van der Waals surface area contributed by atoms with E-state index in [1.54, 1.807) is 11.3 Å². The highest BCUT2D eigenvalue weighted by molar-refractivity contribution is 7.93. The Morgan fingerprint density at radius 1 is 1.00 bits per heavy atom. The number of benzene rings is 2. The van der Waals surface area contributed by atoms with Crippen molar-refractivity contribution in [1.29, 1.82) is 0 Å². The second kappa shape index (κ2) is 19.4. The van der Waals surface area contributed by atoms with Gasteiger partial charge in [-0.3, -0.25) is 9.35 Å². The summed E-state index contributed by atoms with van der Waals surface area (Å²) in [5.41, 5.74) is 5.63. The maximum atomic E-state index is 11.7. The molecule has 3 N–H and O–H groups in total. The van der Waals surface area contributed by atoms with Crippen LogP contribution in [0, 0.1) is 0 Å². The van der Waals surface area contributed by atoms with Crippen molar-refractivity contribution in [1.82, 2.24) is 0 Å². The fraction of sp³-hybridized carbons (Fsp3) is 0.474. The van der Waals surface area contributed by atoms with Gasteiger partial charge in [0.05, 0.1) is 11.2 Å². The Labute approximate surface area is 302 Å². The first kappa shape index (κ1) is 42.2. The molecule has 0 bridgehead atoms. The Morgan fingerprint density at radius 3 is 2.27 bits per heavy atom. The van der Waals surface area contributed by atoms with E-state index in [1.807, 2.05) is 27.7 Å². The molecule has 0 saturated heterocycles. The average Bonchev–Trinajstić information content (AvgIpc) is 3.64. The first-order valence-electron chi connectivity index (χ1n) is 17.2. The number of carboxylic acid groups (broad SMARTS) is 1. The molecule has 0 spiro atoms. The summed E-state index contributed by atoms with van der Waals surface area (Å²) in [6.45, 7) is 18.4. The predicted molar refractivity (Wildman–Crippen MR) is 210 cm³/mol. The molecular formula is C38H55N2O6S3+. The molecule has 1 unspecified atom stereocenters. The summed E-state index contributed by atoms with van der Waals surface area (Å²) in [5, 5.41) is 9.26. The zero-order valence-electron chi connectivity index (χ0n) is 30.3. The van der Waals surface area contributed by atoms with Gasteiger partial charge in [-0.25, -0.2) is 0 Å². The van der Waals surface area contributed by atoms with Crippen molar-refractivity contribution in [3.8, 4) is 0 Å². The zero-order valence-corrected chi connectivity index (χ0v) is 32.7. The van der Waals surface area contributed by atoms with Gasteiger partial charge in [-0.05, 0) is 69.6 Å². The molecule has 270 valence electrons. The lowest BCUT2D eigenvalue weighted by Crippen LogP contribution is -2.30. The van der Waals surface area contributed by atoms with Crippen LogP contribution in [0.3, 0.4) is 0 Å². The van der Waals surface area contributed by atoms with Gasteiger partial charge in [-0.1, -0.05) is 77.1 Å². The van der Waals surface area contributed by atoms with Gasteiger partial charge in [0.25, 0.3) is 16.6 Å². The third-order valence-corrected chi connectivity index (χ3v) is 11.2. The summed E-state index contributed by atoms with van der Waals surface area (Å²) in [4.78, 5) is 10.7. The summed E-state index contributed by atoms with van der Waals surface area (Å²) in [5.74, 6) is 0.371. The van der Waals surface area contributed by atoms with Gasteiger partial charge < -0.3 is 14.6 Å². The summed E-state index contributed by atoms with van der Waals surface area (Å²) < 4.78 is 46.0. The molecule has 0 amide bonds. The number of allylic oxidation sites excluding steroid dienone is 4. The van der Waals surface area contributed by atoms with Crippen molar-refractivity contribution < 1.29 is 32.0 Å². The van der Waals surface area contributed by atoms with E-state index < -0.39 is 15.5 Å². The molecule has 11 heteroatoms. The Hall–Kier alpha value is -2.96. The molecular weight excluding hydrogens is 677 g/mol. The lowest BCUT2D eigenvalue weighted by atomic mass is 9.77. The number of rotatable bonds is 12. The normalized spacial score (nSPS) is 18.3. The third kappa shape index (κ3) is 9.64. The van der Waals surface area contributed by atoms with E-state index in [4.69, 9.17) is 9.90 Å². The first-order chi connectivity index (χ1) is 23.4. The number of anilines is 1. The second-order valence-electron chi connectivity index (χ2n) is 12.0. The first-order valence-corrected chi connectivity index (χ1v) is 20.5. The van der Waals surface area contributed by atoms with Crippen LogP contribution in [0.1, 0.15) is 92.2 Å². The molecule has 49 heavy (non-hydrogen) atoms. The van der Waals surface area contributed by atoms with Crippen molar-refractivity contribution in [3.05, 3.63) is 83.6 Å². The number of hydrogen-bond acceptors (Lipinski definition) is 7. The van der Waals surface area contributed by atoms with Crippen molar-refractivity contribution in [3.63, 3.8) is 0 Å². The molecule has 3 heterocycles.